The molecule has 0 aromatic heterocycles. The van der Waals surface area contributed by atoms with E-state index in [0.29, 0.717) is 35.2 Å². The number of thiocarbonyl (C=S) groups is 1. The van der Waals surface area contributed by atoms with E-state index in [0.717, 1.165) is 11.3 Å². The van der Waals surface area contributed by atoms with Crippen LogP contribution in [0.1, 0.15) is 25.3 Å². The fourth-order valence-electron chi connectivity index (χ4n) is 3.39. The molecule has 7 nitrogen and oxygen atoms in total. The van der Waals surface area contributed by atoms with Crippen LogP contribution in [0.4, 0.5) is 0 Å². The summed E-state index contributed by atoms with van der Waals surface area (Å²) in [6, 6.07) is 6.56. The van der Waals surface area contributed by atoms with Crippen molar-refractivity contribution >= 4 is 52.2 Å². The number of carbonyl (C=O) groups is 3. The van der Waals surface area contributed by atoms with E-state index < -0.39 is 17.9 Å². The van der Waals surface area contributed by atoms with E-state index >= 15 is 0 Å². The van der Waals surface area contributed by atoms with Crippen LogP contribution in [0.25, 0.3) is 6.08 Å². The van der Waals surface area contributed by atoms with Crippen LogP contribution in [-0.2, 0) is 14.4 Å². The Kier molecular flexibility index (Phi) is 6.59. The fraction of sp³-hybridized carbons (Fsp3) is 0.400. The van der Waals surface area contributed by atoms with Gasteiger partial charge in [0.2, 0.25) is 5.91 Å². The van der Waals surface area contributed by atoms with E-state index in [9.17, 15) is 14.4 Å². The molecule has 2 fully saturated rings. The molecule has 9 heteroatoms. The zero-order chi connectivity index (χ0) is 21.1. The minimum Gasteiger partial charge on any atom is -0.497 e. The average Bonchev–Trinajstić information content (AvgIpc) is 3.00. The predicted octanol–water partition coefficient (Wildman–Crippen LogP) is 2.61. The molecule has 29 heavy (non-hydrogen) atoms. The molecule has 1 N–H and O–H groups in total. The molecule has 0 spiro atoms. The zero-order valence-electron chi connectivity index (χ0n) is 16.2. The predicted molar refractivity (Wildman–Crippen MR) is 114 cm³/mol. The molecule has 2 saturated heterocycles. The van der Waals surface area contributed by atoms with Crippen LogP contribution in [0.15, 0.2) is 29.2 Å². The van der Waals surface area contributed by atoms with Gasteiger partial charge in [0, 0.05) is 13.1 Å². The third-order valence-corrected chi connectivity index (χ3v) is 6.47. The minimum atomic E-state index is -0.828. The van der Waals surface area contributed by atoms with Gasteiger partial charge in [-0.1, -0.05) is 36.1 Å². The number of carboxylic acid groups (broad SMARTS) is 1. The first-order valence-corrected chi connectivity index (χ1v) is 10.5. The van der Waals surface area contributed by atoms with Gasteiger partial charge < -0.3 is 14.7 Å². The van der Waals surface area contributed by atoms with Crippen LogP contribution >= 0.6 is 24.0 Å². The second-order valence-electron chi connectivity index (χ2n) is 6.94. The molecule has 2 aliphatic heterocycles. The largest absolute Gasteiger partial charge is 0.497 e. The number of aliphatic carboxylic acids is 1. The standard InChI is InChI=1S/C20H22N2O5S2/c1-12(17(23)21-9-7-14(8-10-21)19(25)26)22-18(24)16(29-20(22)28)11-13-3-5-15(27-2)6-4-13/h3-6,11-12,14H,7-10H2,1-2H3,(H,25,26). The van der Waals surface area contributed by atoms with Gasteiger partial charge in [0.05, 0.1) is 17.9 Å². The van der Waals surface area contributed by atoms with Gasteiger partial charge in [-0.2, -0.15) is 0 Å². The molecule has 0 radical (unpaired) electrons. The third-order valence-electron chi connectivity index (χ3n) is 5.14. The molecule has 154 valence electrons. The molecule has 1 unspecified atom stereocenters. The van der Waals surface area contributed by atoms with Gasteiger partial charge in [-0.05, 0) is 43.5 Å². The van der Waals surface area contributed by atoms with E-state index in [-0.39, 0.29) is 11.8 Å². The van der Waals surface area contributed by atoms with Gasteiger partial charge in [-0.25, -0.2) is 0 Å². The van der Waals surface area contributed by atoms with Crippen molar-refractivity contribution in [1.29, 1.82) is 0 Å². The summed E-state index contributed by atoms with van der Waals surface area (Å²) in [5, 5.41) is 9.10. The lowest BCUT2D eigenvalue weighted by molar-refractivity contribution is -0.147. The number of thioether (sulfide) groups is 1. The maximum Gasteiger partial charge on any atom is 0.306 e. The number of ether oxygens (including phenoxy) is 1. The fourth-order valence-corrected chi connectivity index (χ4v) is 4.81. The average molecular weight is 435 g/mol. The van der Waals surface area contributed by atoms with Gasteiger partial charge in [0.1, 0.15) is 16.1 Å². The molecule has 1 aromatic carbocycles. The lowest BCUT2D eigenvalue weighted by atomic mass is 9.96. The first-order valence-electron chi connectivity index (χ1n) is 9.24. The number of rotatable bonds is 5. The Labute approximate surface area is 178 Å². The van der Waals surface area contributed by atoms with Gasteiger partial charge in [0.25, 0.3) is 5.91 Å². The van der Waals surface area contributed by atoms with Crippen LogP contribution in [0, 0.1) is 5.92 Å². The topological polar surface area (TPSA) is 87.2 Å². The number of carboxylic acids is 1. The van der Waals surface area contributed by atoms with Crippen LogP contribution in [0.5, 0.6) is 5.75 Å². The molecule has 0 aliphatic carbocycles. The lowest BCUT2D eigenvalue weighted by Gasteiger charge is -2.34. The van der Waals surface area contributed by atoms with Crippen LogP contribution in [0.3, 0.4) is 0 Å². The number of hydrogen-bond acceptors (Lipinski definition) is 6. The second-order valence-corrected chi connectivity index (χ2v) is 8.61. The SMILES string of the molecule is COc1ccc(C=C2SC(=S)N(C(C)C(=O)N3CCC(C(=O)O)CC3)C2=O)cc1. The maximum atomic E-state index is 12.9. The van der Waals surface area contributed by atoms with Crippen molar-refractivity contribution in [2.24, 2.45) is 5.92 Å². The summed E-state index contributed by atoms with van der Waals surface area (Å²) in [4.78, 5) is 40.3. The van der Waals surface area contributed by atoms with Crippen LogP contribution < -0.4 is 4.74 Å². The molecule has 2 amide bonds. The van der Waals surface area contributed by atoms with Crippen molar-refractivity contribution in [3.05, 3.63) is 34.7 Å². The number of nitrogens with zero attached hydrogens (tertiary/aromatic N) is 2. The van der Waals surface area contributed by atoms with Crippen molar-refractivity contribution in [3.63, 3.8) is 0 Å². The Morgan fingerprint density at radius 2 is 1.90 bits per heavy atom. The minimum absolute atomic E-state index is 0.212. The number of amides is 2. The monoisotopic (exact) mass is 434 g/mol. The molecule has 0 saturated carbocycles. The first-order chi connectivity index (χ1) is 13.8. The van der Waals surface area contributed by atoms with Gasteiger partial charge in [0.15, 0.2) is 0 Å². The van der Waals surface area contributed by atoms with Gasteiger partial charge >= 0.3 is 5.97 Å². The van der Waals surface area contributed by atoms with Crippen molar-refractivity contribution in [3.8, 4) is 5.75 Å². The van der Waals surface area contributed by atoms with Gasteiger partial charge in [-0.15, -0.1) is 0 Å². The summed E-state index contributed by atoms with van der Waals surface area (Å²) in [5.74, 6) is -1.03. The Bertz CT molecular complexity index is 860. The summed E-state index contributed by atoms with van der Waals surface area (Å²) in [5.41, 5.74) is 0.834. The quantitative estimate of drug-likeness (QED) is 0.563. The molecule has 1 aromatic rings. The summed E-state index contributed by atoms with van der Waals surface area (Å²) >= 11 is 6.53. The van der Waals surface area contributed by atoms with Crippen molar-refractivity contribution < 1.29 is 24.2 Å². The normalized spacial score (nSPS) is 20.3. The zero-order valence-corrected chi connectivity index (χ0v) is 17.8. The Hall–Kier alpha value is -2.39. The van der Waals surface area contributed by atoms with E-state index in [1.165, 1.54) is 16.7 Å². The molecule has 1 atom stereocenters. The highest BCUT2D eigenvalue weighted by molar-refractivity contribution is 8.26. The van der Waals surface area contributed by atoms with E-state index in [2.05, 4.69) is 0 Å². The number of piperidine rings is 1. The highest BCUT2D eigenvalue weighted by Gasteiger charge is 2.40. The number of likely N-dealkylation sites (tertiary alicyclic amines) is 1. The first kappa shape index (κ1) is 21.3. The Morgan fingerprint density at radius 3 is 2.45 bits per heavy atom. The molecule has 2 heterocycles. The van der Waals surface area contributed by atoms with Crippen LogP contribution in [-0.4, -0.2) is 63.3 Å². The summed E-state index contributed by atoms with van der Waals surface area (Å²) in [6.45, 7) is 2.40. The number of benzene rings is 1. The lowest BCUT2D eigenvalue weighted by Crippen LogP contribution is -2.51. The maximum absolute atomic E-state index is 12.9. The van der Waals surface area contributed by atoms with E-state index in [1.54, 1.807) is 37.1 Å². The number of carbonyl (C=O) groups excluding carboxylic acids is 2. The van der Waals surface area contributed by atoms with E-state index in [4.69, 9.17) is 22.1 Å². The highest BCUT2D eigenvalue weighted by atomic mass is 32.2. The summed E-state index contributed by atoms with van der Waals surface area (Å²) in [7, 11) is 1.59. The van der Waals surface area contributed by atoms with Crippen LogP contribution in [0.2, 0.25) is 0 Å². The number of hydrogen-bond donors (Lipinski definition) is 1. The number of methoxy groups -OCH3 is 1. The molecule has 2 aliphatic rings. The smallest absolute Gasteiger partial charge is 0.306 e. The van der Waals surface area contributed by atoms with Crippen molar-refractivity contribution in [1.82, 2.24) is 9.80 Å². The van der Waals surface area contributed by atoms with E-state index in [1.807, 2.05) is 12.1 Å². The van der Waals surface area contributed by atoms with Gasteiger partial charge in [-0.3, -0.25) is 19.3 Å². The van der Waals surface area contributed by atoms with Crippen molar-refractivity contribution in [2.75, 3.05) is 20.2 Å². The third kappa shape index (κ3) is 4.62. The summed E-state index contributed by atoms with van der Waals surface area (Å²) in [6.07, 6.45) is 2.58. The van der Waals surface area contributed by atoms with Crippen molar-refractivity contribution in [2.45, 2.75) is 25.8 Å². The molecule has 0 bridgehead atoms. The molecular weight excluding hydrogens is 412 g/mol. The Morgan fingerprint density at radius 1 is 1.28 bits per heavy atom. The molecule has 3 rings (SSSR count). The summed E-state index contributed by atoms with van der Waals surface area (Å²) < 4.78 is 5.48. The second kappa shape index (κ2) is 8.96. The molecular formula is C20H22N2O5S2. The highest BCUT2D eigenvalue weighted by Crippen LogP contribution is 2.34. The Balaban J connectivity index is 1.69.